The van der Waals surface area contributed by atoms with Gasteiger partial charge in [0.05, 0.1) is 5.69 Å². The lowest BCUT2D eigenvalue weighted by Crippen LogP contribution is -2.34. The van der Waals surface area contributed by atoms with Crippen LogP contribution in [0.15, 0.2) is 17.0 Å². The van der Waals surface area contributed by atoms with Crippen molar-refractivity contribution in [1.82, 2.24) is 14.5 Å². The van der Waals surface area contributed by atoms with Crippen molar-refractivity contribution in [2.45, 2.75) is 38.1 Å². The monoisotopic (exact) mass is 328 g/mol. The predicted octanol–water partition coefficient (Wildman–Crippen LogP) is 1.59. The molecule has 21 heavy (non-hydrogen) atoms. The van der Waals surface area contributed by atoms with Crippen LogP contribution < -0.4 is 10.5 Å². The fourth-order valence-electron chi connectivity index (χ4n) is 2.21. The van der Waals surface area contributed by atoms with Gasteiger partial charge in [0, 0.05) is 22.8 Å². The molecule has 0 spiro atoms. The van der Waals surface area contributed by atoms with Crippen LogP contribution in [-0.2, 0) is 23.5 Å². The number of nitrogens with two attached hydrogens (primary N) is 1. The van der Waals surface area contributed by atoms with E-state index in [0.717, 1.165) is 4.88 Å². The Morgan fingerprint density at radius 3 is 2.57 bits per heavy atom. The normalized spacial score (nSPS) is 13.5. The number of aryl methyl sites for hydroxylation is 2. The SMILES string of the molecule is Cc1ccc(CC(C)NS(=O)(=O)c2c(N)nn(C)c2C)s1. The van der Waals surface area contributed by atoms with Gasteiger partial charge in [-0.25, -0.2) is 13.1 Å². The largest absolute Gasteiger partial charge is 0.381 e. The van der Waals surface area contributed by atoms with Gasteiger partial charge in [-0.3, -0.25) is 4.68 Å². The van der Waals surface area contributed by atoms with Gasteiger partial charge in [-0.05, 0) is 39.3 Å². The van der Waals surface area contributed by atoms with Crippen molar-refractivity contribution in [2.75, 3.05) is 5.73 Å². The number of aromatic nitrogens is 2. The van der Waals surface area contributed by atoms with E-state index in [0.29, 0.717) is 12.1 Å². The van der Waals surface area contributed by atoms with Gasteiger partial charge in [0.1, 0.15) is 4.90 Å². The highest BCUT2D eigenvalue weighted by atomic mass is 32.2. The molecule has 0 radical (unpaired) electrons. The van der Waals surface area contributed by atoms with Gasteiger partial charge in [-0.15, -0.1) is 11.3 Å². The van der Waals surface area contributed by atoms with Crippen molar-refractivity contribution < 1.29 is 8.42 Å². The Kier molecular flexibility index (Phi) is 4.40. The number of hydrogen-bond donors (Lipinski definition) is 2. The molecule has 2 aromatic rings. The first-order valence-electron chi connectivity index (χ1n) is 6.57. The zero-order valence-corrected chi connectivity index (χ0v) is 14.2. The molecular formula is C13H20N4O2S2. The van der Waals surface area contributed by atoms with Gasteiger partial charge < -0.3 is 5.73 Å². The molecule has 0 aliphatic heterocycles. The summed E-state index contributed by atoms with van der Waals surface area (Å²) in [4.78, 5) is 2.44. The number of rotatable bonds is 5. The molecule has 8 heteroatoms. The van der Waals surface area contributed by atoms with Crippen molar-refractivity contribution in [2.24, 2.45) is 7.05 Å². The lowest BCUT2D eigenvalue weighted by atomic mass is 10.2. The minimum Gasteiger partial charge on any atom is -0.381 e. The first-order chi connectivity index (χ1) is 9.70. The number of nitrogens with zero attached hydrogens (tertiary/aromatic N) is 2. The van der Waals surface area contributed by atoms with E-state index in [9.17, 15) is 8.42 Å². The molecule has 2 rings (SSSR count). The lowest BCUT2D eigenvalue weighted by molar-refractivity contribution is 0.560. The molecule has 6 nitrogen and oxygen atoms in total. The fourth-order valence-corrected chi connectivity index (χ4v) is 4.80. The molecule has 0 saturated heterocycles. The molecule has 0 amide bonds. The Balaban J connectivity index is 2.17. The highest BCUT2D eigenvalue weighted by Gasteiger charge is 2.26. The summed E-state index contributed by atoms with van der Waals surface area (Å²) >= 11 is 1.67. The molecule has 3 N–H and O–H groups in total. The van der Waals surface area contributed by atoms with Crippen molar-refractivity contribution in [1.29, 1.82) is 0 Å². The molecule has 0 aliphatic rings. The lowest BCUT2D eigenvalue weighted by Gasteiger charge is -2.13. The van der Waals surface area contributed by atoms with Gasteiger partial charge in [0.2, 0.25) is 10.0 Å². The summed E-state index contributed by atoms with van der Waals surface area (Å²) in [5.41, 5.74) is 6.24. The van der Waals surface area contributed by atoms with Crippen LogP contribution in [0.2, 0.25) is 0 Å². The third kappa shape index (κ3) is 3.45. The smallest absolute Gasteiger partial charge is 0.246 e. The van der Waals surface area contributed by atoms with Crippen molar-refractivity contribution in [3.63, 3.8) is 0 Å². The summed E-state index contributed by atoms with van der Waals surface area (Å²) < 4.78 is 29.0. The molecule has 0 bridgehead atoms. The van der Waals surface area contributed by atoms with Gasteiger partial charge in [-0.2, -0.15) is 5.10 Å². The van der Waals surface area contributed by atoms with E-state index < -0.39 is 10.0 Å². The summed E-state index contributed by atoms with van der Waals surface area (Å²) in [5.74, 6) is 0.0293. The maximum Gasteiger partial charge on any atom is 0.246 e. The summed E-state index contributed by atoms with van der Waals surface area (Å²) in [6.45, 7) is 5.56. The Hall–Kier alpha value is -1.38. The van der Waals surface area contributed by atoms with Gasteiger partial charge in [0.25, 0.3) is 0 Å². The number of nitrogens with one attached hydrogen (secondary N) is 1. The van der Waals surface area contributed by atoms with Crippen molar-refractivity contribution in [3.8, 4) is 0 Å². The standard InChI is InChI=1S/C13H20N4O2S2/c1-8(7-11-6-5-9(2)20-11)16-21(18,19)12-10(3)17(4)15-13(12)14/h5-6,8,16H,7H2,1-4H3,(H2,14,15). The number of anilines is 1. The van der Waals surface area contributed by atoms with E-state index in [1.807, 2.05) is 26.0 Å². The topological polar surface area (TPSA) is 90.0 Å². The molecule has 0 aromatic carbocycles. The molecule has 0 saturated carbocycles. The Morgan fingerprint density at radius 1 is 1.43 bits per heavy atom. The van der Waals surface area contributed by atoms with Gasteiger partial charge in [-0.1, -0.05) is 0 Å². The first kappa shape index (κ1) is 16.0. The zero-order chi connectivity index (χ0) is 15.8. The van der Waals surface area contributed by atoms with Crippen LogP contribution in [0.3, 0.4) is 0 Å². The third-order valence-electron chi connectivity index (χ3n) is 3.23. The molecule has 2 aromatic heterocycles. The first-order valence-corrected chi connectivity index (χ1v) is 8.87. The van der Waals surface area contributed by atoms with E-state index in [1.54, 1.807) is 25.3 Å². The molecule has 2 heterocycles. The zero-order valence-electron chi connectivity index (χ0n) is 12.5. The summed E-state index contributed by atoms with van der Waals surface area (Å²) in [7, 11) is -2.00. The van der Waals surface area contributed by atoms with E-state index in [2.05, 4.69) is 9.82 Å². The Morgan fingerprint density at radius 2 is 2.10 bits per heavy atom. The molecule has 1 unspecified atom stereocenters. The van der Waals surface area contributed by atoms with E-state index >= 15 is 0 Å². The van der Waals surface area contributed by atoms with Crippen LogP contribution in [0, 0.1) is 13.8 Å². The number of thiophene rings is 1. The minimum absolute atomic E-state index is 0.0293. The van der Waals surface area contributed by atoms with Crippen LogP contribution in [0.5, 0.6) is 0 Å². The second-order valence-corrected chi connectivity index (χ2v) is 8.19. The van der Waals surface area contributed by atoms with Gasteiger partial charge >= 0.3 is 0 Å². The average molecular weight is 328 g/mol. The number of nitrogen functional groups attached to an aromatic ring is 1. The number of hydrogen-bond acceptors (Lipinski definition) is 5. The van der Waals surface area contributed by atoms with Crippen LogP contribution in [0.25, 0.3) is 0 Å². The van der Waals surface area contributed by atoms with Crippen molar-refractivity contribution >= 4 is 27.2 Å². The molecule has 116 valence electrons. The highest BCUT2D eigenvalue weighted by Crippen LogP contribution is 2.22. The Bertz CT molecular complexity index is 746. The maximum atomic E-state index is 12.5. The number of sulfonamides is 1. The van der Waals surface area contributed by atoms with Crippen molar-refractivity contribution in [3.05, 3.63) is 27.6 Å². The maximum absolute atomic E-state index is 12.5. The van der Waals surface area contributed by atoms with Crippen LogP contribution in [0.1, 0.15) is 22.4 Å². The second kappa shape index (κ2) is 5.78. The van der Waals surface area contributed by atoms with Crippen LogP contribution >= 0.6 is 11.3 Å². The van der Waals surface area contributed by atoms with Crippen LogP contribution in [0.4, 0.5) is 5.82 Å². The minimum atomic E-state index is -3.67. The second-order valence-electron chi connectivity index (χ2n) is 5.16. The quantitative estimate of drug-likeness (QED) is 0.872. The third-order valence-corrected chi connectivity index (χ3v) is 6.01. The van der Waals surface area contributed by atoms with E-state index in [1.165, 1.54) is 9.56 Å². The van der Waals surface area contributed by atoms with E-state index in [-0.39, 0.29) is 16.8 Å². The summed E-state index contributed by atoms with van der Waals surface area (Å²) in [6, 6.07) is 3.84. The predicted molar refractivity (Wildman–Crippen MR) is 84.9 cm³/mol. The van der Waals surface area contributed by atoms with Gasteiger partial charge in [0.15, 0.2) is 5.82 Å². The average Bonchev–Trinajstić information content (AvgIpc) is 2.83. The summed E-state index contributed by atoms with van der Waals surface area (Å²) in [6.07, 6.45) is 0.650. The molecular weight excluding hydrogens is 308 g/mol. The Labute approximate surface area is 129 Å². The van der Waals surface area contributed by atoms with E-state index in [4.69, 9.17) is 5.73 Å². The fraction of sp³-hybridized carbons (Fsp3) is 0.462. The highest BCUT2D eigenvalue weighted by molar-refractivity contribution is 7.89. The molecule has 0 fully saturated rings. The molecule has 0 aliphatic carbocycles. The van der Waals surface area contributed by atoms with Crippen LogP contribution in [-0.4, -0.2) is 24.2 Å². The summed E-state index contributed by atoms with van der Waals surface area (Å²) in [5, 5.41) is 3.95. The molecule has 1 atom stereocenters.